The second-order valence-electron chi connectivity index (χ2n) is 5.83. The number of nitrogens with zero attached hydrogens (tertiary/aromatic N) is 1. The molecular formula is C17H18N2OS. The Kier molecular flexibility index (Phi) is 3.19. The molecule has 1 aromatic heterocycles. The van der Waals surface area contributed by atoms with Gasteiger partial charge in [0.15, 0.2) is 0 Å². The number of benzene rings is 1. The van der Waals surface area contributed by atoms with E-state index in [0.717, 1.165) is 31.5 Å². The molecule has 1 atom stereocenters. The van der Waals surface area contributed by atoms with Crippen LogP contribution in [0.5, 0.6) is 0 Å². The highest BCUT2D eigenvalue weighted by Crippen LogP contribution is 2.32. The number of amides is 1. The van der Waals surface area contributed by atoms with Crippen LogP contribution in [0.1, 0.15) is 23.3 Å². The summed E-state index contributed by atoms with van der Waals surface area (Å²) < 4.78 is 0. The van der Waals surface area contributed by atoms with Crippen LogP contribution in [0.25, 0.3) is 0 Å². The largest absolute Gasteiger partial charge is 0.373 e. The van der Waals surface area contributed by atoms with Crippen LogP contribution in [0.3, 0.4) is 0 Å². The Labute approximate surface area is 128 Å². The summed E-state index contributed by atoms with van der Waals surface area (Å²) in [6, 6.07) is 12.7. The lowest BCUT2D eigenvalue weighted by atomic mass is 10.1. The van der Waals surface area contributed by atoms with Crippen molar-refractivity contribution in [3.05, 3.63) is 52.2 Å². The van der Waals surface area contributed by atoms with Crippen molar-refractivity contribution in [3.8, 4) is 0 Å². The summed E-state index contributed by atoms with van der Waals surface area (Å²) in [6.45, 7) is 0.760. The second-order valence-corrected chi connectivity index (χ2v) is 6.87. The van der Waals surface area contributed by atoms with Crippen LogP contribution in [0.4, 0.5) is 5.69 Å². The first kappa shape index (κ1) is 12.9. The molecule has 1 saturated carbocycles. The number of nitrogens with one attached hydrogen (secondary N) is 1. The highest BCUT2D eigenvalue weighted by Gasteiger charge is 2.37. The third-order valence-corrected chi connectivity index (χ3v) is 5.11. The molecule has 21 heavy (non-hydrogen) atoms. The molecule has 4 heteroatoms. The second kappa shape index (κ2) is 5.19. The van der Waals surface area contributed by atoms with Gasteiger partial charge in [0.1, 0.15) is 6.04 Å². The Morgan fingerprint density at radius 1 is 1.24 bits per heavy atom. The average Bonchev–Trinajstić information content (AvgIpc) is 3.04. The fourth-order valence-electron chi connectivity index (χ4n) is 2.99. The Morgan fingerprint density at radius 3 is 2.81 bits per heavy atom. The van der Waals surface area contributed by atoms with Gasteiger partial charge in [0.2, 0.25) is 5.91 Å². The van der Waals surface area contributed by atoms with E-state index in [1.54, 1.807) is 11.3 Å². The number of carbonyl (C=O) groups is 1. The SMILES string of the molecule is O=C([C@@H]1Cc2ccccc2N1)N(Cc1cccs1)C1CC1. The van der Waals surface area contributed by atoms with Crippen LogP contribution in [0.2, 0.25) is 0 Å². The molecule has 108 valence electrons. The van der Waals surface area contributed by atoms with Crippen molar-refractivity contribution >= 4 is 22.9 Å². The number of hydrogen-bond acceptors (Lipinski definition) is 3. The van der Waals surface area contributed by atoms with Gasteiger partial charge in [-0.05, 0) is 35.9 Å². The van der Waals surface area contributed by atoms with Crippen molar-refractivity contribution in [1.82, 2.24) is 4.90 Å². The van der Waals surface area contributed by atoms with Crippen molar-refractivity contribution in [3.63, 3.8) is 0 Å². The predicted molar refractivity (Wildman–Crippen MR) is 85.4 cm³/mol. The number of hydrogen-bond donors (Lipinski definition) is 1. The number of rotatable bonds is 4. The van der Waals surface area contributed by atoms with E-state index in [-0.39, 0.29) is 11.9 Å². The molecule has 1 amide bonds. The lowest BCUT2D eigenvalue weighted by Crippen LogP contribution is -2.42. The lowest BCUT2D eigenvalue weighted by Gasteiger charge is -2.25. The maximum Gasteiger partial charge on any atom is 0.245 e. The highest BCUT2D eigenvalue weighted by atomic mass is 32.1. The van der Waals surface area contributed by atoms with Crippen LogP contribution in [-0.4, -0.2) is 22.9 Å². The topological polar surface area (TPSA) is 32.3 Å². The molecule has 0 spiro atoms. The number of para-hydroxylation sites is 1. The Morgan fingerprint density at radius 2 is 2.10 bits per heavy atom. The van der Waals surface area contributed by atoms with Crippen molar-refractivity contribution in [2.45, 2.75) is 37.9 Å². The zero-order valence-electron chi connectivity index (χ0n) is 11.8. The molecule has 1 fully saturated rings. The molecule has 1 aromatic carbocycles. The van der Waals surface area contributed by atoms with Crippen molar-refractivity contribution < 1.29 is 4.79 Å². The van der Waals surface area contributed by atoms with Gasteiger partial charge < -0.3 is 10.2 Å². The maximum atomic E-state index is 12.9. The van der Waals surface area contributed by atoms with Crippen LogP contribution in [0.15, 0.2) is 41.8 Å². The first-order chi connectivity index (χ1) is 10.3. The van der Waals surface area contributed by atoms with Gasteiger partial charge in [0.25, 0.3) is 0 Å². The van der Waals surface area contributed by atoms with Crippen LogP contribution >= 0.6 is 11.3 Å². The Hall–Kier alpha value is -1.81. The van der Waals surface area contributed by atoms with E-state index < -0.39 is 0 Å². The number of carbonyl (C=O) groups excluding carboxylic acids is 1. The van der Waals surface area contributed by atoms with Crippen LogP contribution in [-0.2, 0) is 17.8 Å². The van der Waals surface area contributed by atoms with E-state index in [0.29, 0.717) is 6.04 Å². The zero-order valence-corrected chi connectivity index (χ0v) is 12.6. The predicted octanol–water partition coefficient (Wildman–Crippen LogP) is 3.28. The minimum absolute atomic E-state index is 0.0945. The van der Waals surface area contributed by atoms with E-state index in [2.05, 4.69) is 39.9 Å². The molecule has 0 bridgehead atoms. The van der Waals surface area contributed by atoms with Gasteiger partial charge in [-0.15, -0.1) is 11.3 Å². The third-order valence-electron chi connectivity index (χ3n) is 4.25. The molecule has 0 unspecified atom stereocenters. The summed E-state index contributed by atoms with van der Waals surface area (Å²) in [4.78, 5) is 16.2. The van der Waals surface area contributed by atoms with Gasteiger partial charge in [-0.25, -0.2) is 0 Å². The van der Waals surface area contributed by atoms with Gasteiger partial charge in [0.05, 0.1) is 6.54 Å². The Bertz CT molecular complexity index is 624. The number of thiophene rings is 1. The number of fused-ring (bicyclic) bond motifs is 1. The minimum Gasteiger partial charge on any atom is -0.373 e. The maximum absolute atomic E-state index is 12.9. The van der Waals surface area contributed by atoms with E-state index in [4.69, 9.17) is 0 Å². The molecule has 1 N–H and O–H groups in total. The molecule has 2 aromatic rings. The van der Waals surface area contributed by atoms with Gasteiger partial charge in [0, 0.05) is 23.0 Å². The van der Waals surface area contributed by atoms with Crippen molar-refractivity contribution in [2.75, 3.05) is 5.32 Å². The van der Waals surface area contributed by atoms with Gasteiger partial charge in [-0.2, -0.15) is 0 Å². The summed E-state index contributed by atoms with van der Waals surface area (Å²) in [5.74, 6) is 0.252. The van der Waals surface area contributed by atoms with Gasteiger partial charge >= 0.3 is 0 Å². The molecule has 2 heterocycles. The molecule has 0 radical (unpaired) electrons. The first-order valence-electron chi connectivity index (χ1n) is 7.48. The minimum atomic E-state index is -0.0945. The third kappa shape index (κ3) is 2.56. The monoisotopic (exact) mass is 298 g/mol. The summed E-state index contributed by atoms with van der Waals surface area (Å²) in [5, 5.41) is 5.47. The van der Waals surface area contributed by atoms with Crippen molar-refractivity contribution in [1.29, 1.82) is 0 Å². The summed E-state index contributed by atoms with van der Waals surface area (Å²) in [6.07, 6.45) is 3.11. The van der Waals surface area contributed by atoms with Crippen LogP contribution < -0.4 is 5.32 Å². The molecule has 3 nitrogen and oxygen atoms in total. The summed E-state index contributed by atoms with van der Waals surface area (Å²) in [7, 11) is 0. The smallest absolute Gasteiger partial charge is 0.245 e. The molecule has 1 aliphatic carbocycles. The number of anilines is 1. The molecule has 1 aliphatic heterocycles. The van der Waals surface area contributed by atoms with Crippen molar-refractivity contribution in [2.24, 2.45) is 0 Å². The quantitative estimate of drug-likeness (QED) is 0.939. The van der Waals surface area contributed by atoms with E-state index in [1.807, 2.05) is 12.1 Å². The molecular weight excluding hydrogens is 280 g/mol. The summed E-state index contributed by atoms with van der Waals surface area (Å²) in [5.41, 5.74) is 2.37. The molecule has 2 aliphatic rings. The summed E-state index contributed by atoms with van der Waals surface area (Å²) >= 11 is 1.73. The zero-order chi connectivity index (χ0) is 14.2. The van der Waals surface area contributed by atoms with E-state index >= 15 is 0 Å². The standard InChI is InChI=1S/C17H18N2OS/c20-17(16-10-12-4-1-2-6-15(12)18-16)19(13-7-8-13)11-14-5-3-9-21-14/h1-6,9,13,16,18H,7-8,10-11H2/t16-/m0/s1. The normalized spacial score (nSPS) is 19.9. The molecule has 4 rings (SSSR count). The average molecular weight is 298 g/mol. The van der Waals surface area contributed by atoms with E-state index in [1.165, 1.54) is 10.4 Å². The van der Waals surface area contributed by atoms with Crippen LogP contribution in [0, 0.1) is 0 Å². The van der Waals surface area contributed by atoms with Gasteiger partial charge in [-0.1, -0.05) is 24.3 Å². The highest BCUT2D eigenvalue weighted by molar-refractivity contribution is 7.09. The lowest BCUT2D eigenvalue weighted by molar-refractivity contribution is -0.133. The molecule has 0 saturated heterocycles. The first-order valence-corrected chi connectivity index (χ1v) is 8.36. The van der Waals surface area contributed by atoms with E-state index in [9.17, 15) is 4.79 Å². The Balaban J connectivity index is 1.50. The fraction of sp³-hybridized carbons (Fsp3) is 0.353. The van der Waals surface area contributed by atoms with Gasteiger partial charge in [-0.3, -0.25) is 4.79 Å². The fourth-order valence-corrected chi connectivity index (χ4v) is 3.69.